The Morgan fingerprint density at radius 3 is 2.67 bits per heavy atom. The number of nitrogens with one attached hydrogen (secondary N) is 1. The molecule has 132 valence electrons. The highest BCUT2D eigenvalue weighted by Crippen LogP contribution is 2.22. The van der Waals surface area contributed by atoms with Gasteiger partial charge in [0.25, 0.3) is 0 Å². The molecule has 0 bridgehead atoms. The Bertz CT molecular complexity index is 1100. The van der Waals surface area contributed by atoms with Crippen LogP contribution in [0.5, 0.6) is 0 Å². The van der Waals surface area contributed by atoms with E-state index in [1.165, 1.54) is 5.56 Å². The van der Waals surface area contributed by atoms with Crippen molar-refractivity contribution in [3.63, 3.8) is 0 Å². The molecule has 0 spiro atoms. The van der Waals surface area contributed by atoms with Gasteiger partial charge in [0.2, 0.25) is 0 Å². The van der Waals surface area contributed by atoms with Gasteiger partial charge in [-0.1, -0.05) is 30.3 Å². The van der Waals surface area contributed by atoms with Crippen molar-refractivity contribution in [1.29, 1.82) is 5.26 Å². The molecule has 0 unspecified atom stereocenters. The lowest BCUT2D eigenvalue weighted by atomic mass is 10.1. The highest BCUT2D eigenvalue weighted by molar-refractivity contribution is 5.64. The molecule has 2 aromatic heterocycles. The molecule has 0 fully saturated rings. The average molecular weight is 354 g/mol. The first-order valence-electron chi connectivity index (χ1n) is 8.60. The summed E-state index contributed by atoms with van der Waals surface area (Å²) in [7, 11) is 0. The van der Waals surface area contributed by atoms with Gasteiger partial charge < -0.3 is 9.88 Å². The molecule has 0 radical (unpaired) electrons. The van der Waals surface area contributed by atoms with Crippen LogP contribution in [0.1, 0.15) is 16.8 Å². The van der Waals surface area contributed by atoms with Crippen LogP contribution in [0.2, 0.25) is 0 Å². The molecule has 4 aromatic rings. The molecule has 0 aliphatic heterocycles. The number of nitriles is 1. The van der Waals surface area contributed by atoms with Crippen molar-refractivity contribution in [1.82, 2.24) is 19.3 Å². The lowest BCUT2D eigenvalue weighted by Gasteiger charge is -2.08. The minimum atomic E-state index is 0.578. The Labute approximate surface area is 157 Å². The summed E-state index contributed by atoms with van der Waals surface area (Å²) in [5, 5.41) is 17.2. The van der Waals surface area contributed by atoms with Crippen LogP contribution in [-0.4, -0.2) is 19.3 Å². The van der Waals surface area contributed by atoms with Gasteiger partial charge >= 0.3 is 0 Å². The van der Waals surface area contributed by atoms with E-state index in [1.54, 1.807) is 12.5 Å². The topological polar surface area (TPSA) is 71.5 Å². The third-order valence-corrected chi connectivity index (χ3v) is 4.22. The second-order valence-corrected chi connectivity index (χ2v) is 6.30. The van der Waals surface area contributed by atoms with Crippen LogP contribution in [0.25, 0.3) is 5.69 Å². The van der Waals surface area contributed by atoms with Crippen LogP contribution in [0, 0.1) is 18.3 Å². The number of anilines is 2. The maximum absolute atomic E-state index is 9.52. The van der Waals surface area contributed by atoms with E-state index in [4.69, 9.17) is 0 Å². The van der Waals surface area contributed by atoms with Crippen molar-refractivity contribution in [3.8, 4) is 11.8 Å². The Morgan fingerprint density at radius 2 is 1.93 bits per heavy atom. The van der Waals surface area contributed by atoms with Gasteiger partial charge in [-0.3, -0.25) is 4.68 Å². The highest BCUT2D eigenvalue weighted by atomic mass is 15.3. The van der Waals surface area contributed by atoms with Crippen molar-refractivity contribution in [3.05, 3.63) is 90.3 Å². The summed E-state index contributed by atoms with van der Waals surface area (Å²) in [5.74, 6) is 0. The molecular formula is C21H18N6. The first-order valence-corrected chi connectivity index (χ1v) is 8.60. The Hall–Kier alpha value is -3.85. The first kappa shape index (κ1) is 16.6. The molecule has 1 N–H and O–H groups in total. The summed E-state index contributed by atoms with van der Waals surface area (Å²) >= 11 is 0. The molecule has 0 atom stereocenters. The number of rotatable bonds is 5. The summed E-state index contributed by atoms with van der Waals surface area (Å²) in [6.45, 7) is 2.64. The van der Waals surface area contributed by atoms with Gasteiger partial charge in [0.05, 0.1) is 41.7 Å². The van der Waals surface area contributed by atoms with Gasteiger partial charge in [-0.25, -0.2) is 4.98 Å². The number of hydrogen-bond donors (Lipinski definition) is 1. The zero-order valence-corrected chi connectivity index (χ0v) is 14.9. The maximum atomic E-state index is 9.52. The summed E-state index contributed by atoms with van der Waals surface area (Å²) in [4.78, 5) is 4.22. The zero-order valence-electron chi connectivity index (χ0n) is 14.9. The first-order chi connectivity index (χ1) is 13.2. The highest BCUT2D eigenvalue weighted by Gasteiger charge is 2.07. The smallest absolute Gasteiger partial charge is 0.101 e. The lowest BCUT2D eigenvalue weighted by Crippen LogP contribution is -1.99. The predicted molar refractivity (Wildman–Crippen MR) is 104 cm³/mol. The van der Waals surface area contributed by atoms with Crippen LogP contribution in [0.15, 0.2) is 73.4 Å². The number of aryl methyl sites for hydroxylation is 1. The van der Waals surface area contributed by atoms with Gasteiger partial charge in [-0.2, -0.15) is 10.4 Å². The minimum absolute atomic E-state index is 0.578. The largest absolute Gasteiger partial charge is 0.353 e. The molecular weight excluding hydrogens is 336 g/mol. The van der Waals surface area contributed by atoms with Crippen molar-refractivity contribution in [2.24, 2.45) is 0 Å². The maximum Gasteiger partial charge on any atom is 0.101 e. The van der Waals surface area contributed by atoms with E-state index in [1.807, 2.05) is 65.0 Å². The molecule has 0 aliphatic carbocycles. The zero-order chi connectivity index (χ0) is 18.6. The summed E-state index contributed by atoms with van der Waals surface area (Å²) in [6, 6.07) is 18.1. The second kappa shape index (κ2) is 7.18. The molecule has 0 aliphatic rings. The molecule has 4 rings (SSSR count). The number of nitrogens with zero attached hydrogens (tertiary/aromatic N) is 5. The average Bonchev–Trinajstić information content (AvgIpc) is 3.31. The molecule has 6 nitrogen and oxygen atoms in total. The van der Waals surface area contributed by atoms with Gasteiger partial charge in [0.1, 0.15) is 6.07 Å². The molecule has 2 heterocycles. The standard InChI is InChI=1S/C21H18N6/c1-16-12-26(15-23-16)21-8-7-19(9-18(21)10-22)25-20-11-24-27(14-20)13-17-5-3-2-4-6-17/h2-9,11-12,14-15,25H,13H2,1H3. The van der Waals surface area contributed by atoms with Gasteiger partial charge in [0.15, 0.2) is 0 Å². The fourth-order valence-corrected chi connectivity index (χ4v) is 2.93. The normalized spacial score (nSPS) is 10.5. The van der Waals surface area contributed by atoms with Crippen LogP contribution in [0.4, 0.5) is 11.4 Å². The van der Waals surface area contributed by atoms with E-state index < -0.39 is 0 Å². The number of imidazole rings is 1. The van der Waals surface area contributed by atoms with E-state index in [2.05, 4.69) is 33.6 Å². The van der Waals surface area contributed by atoms with Crippen molar-refractivity contribution < 1.29 is 0 Å². The Morgan fingerprint density at radius 1 is 1.07 bits per heavy atom. The molecule has 6 heteroatoms. The molecule has 27 heavy (non-hydrogen) atoms. The Kier molecular flexibility index (Phi) is 4.42. The fraction of sp³-hybridized carbons (Fsp3) is 0.0952. The summed E-state index contributed by atoms with van der Waals surface area (Å²) in [6.07, 6.45) is 7.34. The van der Waals surface area contributed by atoms with E-state index in [-0.39, 0.29) is 0 Å². The SMILES string of the molecule is Cc1cn(-c2ccc(Nc3cnn(Cc4ccccc4)c3)cc2C#N)cn1. The van der Waals surface area contributed by atoms with Gasteiger partial charge in [-0.05, 0) is 30.7 Å². The molecule has 0 saturated heterocycles. The van der Waals surface area contributed by atoms with Gasteiger partial charge in [-0.15, -0.1) is 0 Å². The number of aromatic nitrogens is 4. The third-order valence-electron chi connectivity index (χ3n) is 4.22. The predicted octanol–water partition coefficient (Wildman–Crippen LogP) is 4.04. The number of hydrogen-bond acceptors (Lipinski definition) is 4. The van der Waals surface area contributed by atoms with Crippen molar-refractivity contribution in [2.45, 2.75) is 13.5 Å². The summed E-state index contributed by atoms with van der Waals surface area (Å²) < 4.78 is 3.74. The van der Waals surface area contributed by atoms with Crippen molar-refractivity contribution in [2.75, 3.05) is 5.32 Å². The lowest BCUT2D eigenvalue weighted by molar-refractivity contribution is 0.687. The van der Waals surface area contributed by atoms with Crippen LogP contribution in [-0.2, 0) is 6.54 Å². The van der Waals surface area contributed by atoms with Crippen LogP contribution >= 0.6 is 0 Å². The second-order valence-electron chi connectivity index (χ2n) is 6.30. The van der Waals surface area contributed by atoms with E-state index >= 15 is 0 Å². The van der Waals surface area contributed by atoms with E-state index in [0.29, 0.717) is 12.1 Å². The monoisotopic (exact) mass is 354 g/mol. The van der Waals surface area contributed by atoms with E-state index in [0.717, 1.165) is 22.8 Å². The van der Waals surface area contributed by atoms with Gasteiger partial charge in [0, 0.05) is 18.1 Å². The quantitative estimate of drug-likeness (QED) is 0.587. The molecule has 2 aromatic carbocycles. The van der Waals surface area contributed by atoms with Crippen LogP contribution < -0.4 is 5.32 Å². The third kappa shape index (κ3) is 3.72. The fourth-order valence-electron chi connectivity index (χ4n) is 2.93. The summed E-state index contributed by atoms with van der Waals surface area (Å²) in [5.41, 5.74) is 5.20. The van der Waals surface area contributed by atoms with Crippen molar-refractivity contribution >= 4 is 11.4 Å². The van der Waals surface area contributed by atoms with E-state index in [9.17, 15) is 5.26 Å². The minimum Gasteiger partial charge on any atom is -0.353 e. The molecule has 0 amide bonds. The van der Waals surface area contributed by atoms with Crippen LogP contribution in [0.3, 0.4) is 0 Å². The number of benzene rings is 2. The molecule has 0 saturated carbocycles. The Balaban J connectivity index is 1.52.